The Morgan fingerprint density at radius 2 is 1.33 bits per heavy atom. The van der Waals surface area contributed by atoms with Crippen molar-refractivity contribution in [3.05, 3.63) is 99.0 Å². The summed E-state index contributed by atoms with van der Waals surface area (Å²) in [5.41, 5.74) is 6.77. The highest BCUT2D eigenvalue weighted by Crippen LogP contribution is 2.61. The largest absolute Gasteiger partial charge is 0.274 e. The first kappa shape index (κ1) is 18.1. The quantitative estimate of drug-likeness (QED) is 0.482. The summed E-state index contributed by atoms with van der Waals surface area (Å²) in [7, 11) is 0. The maximum atomic E-state index is 13.8. The van der Waals surface area contributed by atoms with Gasteiger partial charge in [0.2, 0.25) is 11.8 Å². The van der Waals surface area contributed by atoms with E-state index in [9.17, 15) is 9.59 Å². The summed E-state index contributed by atoms with van der Waals surface area (Å²) in [5, 5.41) is 0. The van der Waals surface area contributed by atoms with Crippen molar-refractivity contribution >= 4 is 33.4 Å². The minimum absolute atomic E-state index is 0.0679. The second-order valence-electron chi connectivity index (χ2n) is 8.42. The number of carbonyl (C=O) groups excluding carboxylic acids is 2. The molecule has 4 unspecified atom stereocenters. The molecule has 0 saturated carbocycles. The fourth-order valence-electron chi connectivity index (χ4n) is 5.87. The highest BCUT2D eigenvalue weighted by Gasteiger charge is 2.61. The molecule has 3 aromatic carbocycles. The Hall–Kier alpha value is -2.72. The topological polar surface area (TPSA) is 37.4 Å². The van der Waals surface area contributed by atoms with Gasteiger partial charge in [-0.25, -0.2) is 4.90 Å². The number of para-hydroxylation sites is 1. The van der Waals surface area contributed by atoms with Crippen molar-refractivity contribution < 1.29 is 9.59 Å². The summed E-state index contributed by atoms with van der Waals surface area (Å²) in [6.07, 6.45) is 0.955. The first-order chi connectivity index (χ1) is 14.6. The van der Waals surface area contributed by atoms with E-state index in [4.69, 9.17) is 0 Å². The highest BCUT2D eigenvalue weighted by atomic mass is 79.9. The van der Waals surface area contributed by atoms with Crippen LogP contribution < -0.4 is 4.90 Å². The number of aryl methyl sites for hydroxylation is 1. The zero-order chi connectivity index (χ0) is 20.6. The fourth-order valence-corrected chi connectivity index (χ4v) is 6.33. The average Bonchev–Trinajstić information content (AvgIpc) is 3.04. The monoisotopic (exact) mass is 457 g/mol. The second-order valence-corrected chi connectivity index (χ2v) is 9.27. The number of hydrogen-bond donors (Lipinski definition) is 0. The highest BCUT2D eigenvalue weighted by molar-refractivity contribution is 9.10. The van der Waals surface area contributed by atoms with E-state index in [0.29, 0.717) is 5.69 Å². The Morgan fingerprint density at radius 1 is 0.767 bits per heavy atom. The molecular formula is C26H20BrNO2. The molecule has 7 rings (SSSR count). The molecule has 4 aliphatic rings. The molecule has 3 nitrogen and oxygen atoms in total. The van der Waals surface area contributed by atoms with Crippen LogP contribution in [0.25, 0.3) is 0 Å². The number of benzene rings is 3. The lowest BCUT2D eigenvalue weighted by molar-refractivity contribution is -0.122. The van der Waals surface area contributed by atoms with Crippen molar-refractivity contribution in [3.63, 3.8) is 0 Å². The van der Waals surface area contributed by atoms with Crippen molar-refractivity contribution in [1.82, 2.24) is 0 Å². The standard InChI is InChI=1S/C26H20BrNO2/c1-2-14-11-12-17-18(13-14)22-16-8-4-3-7-15(16)21(17)23-24(22)26(30)28(25(23)29)20-10-6-5-9-19(20)27/h3-13,21-24H,2H2,1H3. The van der Waals surface area contributed by atoms with E-state index in [1.54, 1.807) is 0 Å². The van der Waals surface area contributed by atoms with E-state index in [-0.39, 0.29) is 35.5 Å². The van der Waals surface area contributed by atoms with E-state index < -0.39 is 0 Å². The average molecular weight is 458 g/mol. The van der Waals surface area contributed by atoms with Gasteiger partial charge in [0, 0.05) is 16.3 Å². The van der Waals surface area contributed by atoms with E-state index in [0.717, 1.165) is 10.9 Å². The molecule has 0 spiro atoms. The second kappa shape index (κ2) is 6.39. The van der Waals surface area contributed by atoms with Crippen molar-refractivity contribution in [3.8, 4) is 0 Å². The Morgan fingerprint density at radius 3 is 1.97 bits per heavy atom. The molecule has 2 bridgehead atoms. The smallest absolute Gasteiger partial charge is 0.238 e. The lowest BCUT2D eigenvalue weighted by atomic mass is 9.55. The third-order valence-electron chi connectivity index (χ3n) is 7.11. The molecule has 1 heterocycles. The normalized spacial score (nSPS) is 25.9. The number of amides is 2. The van der Waals surface area contributed by atoms with Crippen molar-refractivity contribution in [2.45, 2.75) is 25.2 Å². The Balaban J connectivity index is 1.58. The van der Waals surface area contributed by atoms with Crippen LogP contribution in [-0.4, -0.2) is 11.8 Å². The molecule has 2 amide bonds. The Kier molecular flexibility index (Phi) is 3.85. The number of imide groups is 1. The lowest BCUT2D eigenvalue weighted by Gasteiger charge is -2.46. The van der Waals surface area contributed by atoms with Crippen LogP contribution in [-0.2, 0) is 16.0 Å². The maximum absolute atomic E-state index is 13.8. The zero-order valence-corrected chi connectivity index (χ0v) is 18.1. The third kappa shape index (κ3) is 2.20. The molecule has 3 aliphatic carbocycles. The summed E-state index contributed by atoms with van der Waals surface area (Å²) in [6.45, 7) is 2.15. The van der Waals surface area contributed by atoms with Crippen LogP contribution in [0.3, 0.4) is 0 Å². The van der Waals surface area contributed by atoms with Crippen LogP contribution in [0.2, 0.25) is 0 Å². The number of nitrogens with zero attached hydrogens (tertiary/aromatic N) is 1. The molecule has 30 heavy (non-hydrogen) atoms. The van der Waals surface area contributed by atoms with Crippen LogP contribution in [0, 0.1) is 11.8 Å². The SMILES string of the molecule is CCc1ccc2c(c1)C1c3ccccc3C2C2C(=O)N(c3ccccc3Br)C(=O)C12. The fraction of sp³-hybridized carbons (Fsp3) is 0.231. The van der Waals surface area contributed by atoms with Crippen molar-refractivity contribution in [1.29, 1.82) is 0 Å². The number of rotatable bonds is 2. The van der Waals surface area contributed by atoms with Gasteiger partial charge in [-0.15, -0.1) is 0 Å². The minimum atomic E-state index is -0.343. The van der Waals surface area contributed by atoms with Gasteiger partial charge in [0.15, 0.2) is 0 Å². The first-order valence-corrected chi connectivity index (χ1v) is 11.2. The summed E-state index contributed by atoms with van der Waals surface area (Å²) < 4.78 is 0.765. The van der Waals surface area contributed by atoms with Crippen LogP contribution in [0.5, 0.6) is 0 Å². The summed E-state index contributed by atoms with van der Waals surface area (Å²) in [4.78, 5) is 28.9. The van der Waals surface area contributed by atoms with Gasteiger partial charge in [0.25, 0.3) is 0 Å². The van der Waals surface area contributed by atoms with E-state index >= 15 is 0 Å². The van der Waals surface area contributed by atoms with E-state index in [2.05, 4.69) is 53.2 Å². The predicted octanol–water partition coefficient (Wildman–Crippen LogP) is 5.41. The maximum Gasteiger partial charge on any atom is 0.238 e. The molecule has 0 N–H and O–H groups in total. The van der Waals surface area contributed by atoms with Crippen molar-refractivity contribution in [2.75, 3.05) is 4.90 Å². The van der Waals surface area contributed by atoms with Gasteiger partial charge in [0.05, 0.1) is 17.5 Å². The Bertz CT molecular complexity index is 1230. The van der Waals surface area contributed by atoms with Gasteiger partial charge >= 0.3 is 0 Å². The molecule has 4 heteroatoms. The van der Waals surface area contributed by atoms with Gasteiger partial charge in [-0.1, -0.05) is 61.5 Å². The van der Waals surface area contributed by atoms with E-state index in [1.165, 1.54) is 32.7 Å². The summed E-state index contributed by atoms with van der Waals surface area (Å²) in [6, 6.07) is 22.5. The predicted molar refractivity (Wildman–Crippen MR) is 120 cm³/mol. The van der Waals surface area contributed by atoms with Crippen LogP contribution in [0.1, 0.15) is 46.6 Å². The zero-order valence-electron chi connectivity index (χ0n) is 16.5. The minimum Gasteiger partial charge on any atom is -0.274 e. The first-order valence-electron chi connectivity index (χ1n) is 10.5. The number of halogens is 1. The van der Waals surface area contributed by atoms with Gasteiger partial charge < -0.3 is 0 Å². The van der Waals surface area contributed by atoms with Gasteiger partial charge in [-0.05, 0) is 62.3 Å². The van der Waals surface area contributed by atoms with Crippen LogP contribution in [0.15, 0.2) is 71.2 Å². The molecule has 3 aromatic rings. The molecule has 1 aliphatic heterocycles. The molecule has 4 atom stereocenters. The van der Waals surface area contributed by atoms with Gasteiger partial charge in [-0.2, -0.15) is 0 Å². The Labute approximate surface area is 183 Å². The molecule has 148 valence electrons. The van der Waals surface area contributed by atoms with E-state index in [1.807, 2.05) is 36.4 Å². The number of hydrogen-bond acceptors (Lipinski definition) is 2. The third-order valence-corrected chi connectivity index (χ3v) is 7.78. The number of carbonyl (C=O) groups is 2. The molecule has 0 radical (unpaired) electrons. The van der Waals surface area contributed by atoms with Crippen LogP contribution in [0.4, 0.5) is 5.69 Å². The molecule has 1 saturated heterocycles. The van der Waals surface area contributed by atoms with Crippen LogP contribution >= 0.6 is 15.9 Å². The van der Waals surface area contributed by atoms with Gasteiger partial charge in [0.1, 0.15) is 0 Å². The summed E-state index contributed by atoms with van der Waals surface area (Å²) >= 11 is 3.54. The molecule has 1 fully saturated rings. The van der Waals surface area contributed by atoms with Crippen molar-refractivity contribution in [2.24, 2.45) is 11.8 Å². The summed E-state index contributed by atoms with van der Waals surface area (Å²) in [5.74, 6) is -0.975. The lowest BCUT2D eigenvalue weighted by Crippen LogP contribution is -2.41. The molecule has 0 aromatic heterocycles. The van der Waals surface area contributed by atoms with Gasteiger partial charge in [-0.3, -0.25) is 9.59 Å². The molecular weight excluding hydrogens is 438 g/mol. The number of anilines is 1.